The second-order valence-electron chi connectivity index (χ2n) is 8.74. The molecular formula is C23H23KN4O8S2. The van der Waals surface area contributed by atoms with Crippen molar-refractivity contribution < 1.29 is 90.7 Å². The molecule has 2 aliphatic rings. The number of oxazole rings is 2. The molecule has 1 aliphatic heterocycles. The molecule has 0 unspecified atom stereocenters. The van der Waals surface area contributed by atoms with Crippen LogP contribution in [0.25, 0.3) is 28.5 Å². The minimum absolute atomic E-state index is 0. The maximum atomic E-state index is 10.9. The minimum Gasteiger partial charge on any atom is -0.748 e. The van der Waals surface area contributed by atoms with Gasteiger partial charge in [-0.15, -0.1) is 0 Å². The Labute approximate surface area is 261 Å². The number of anilines is 1. The van der Waals surface area contributed by atoms with Gasteiger partial charge in [0.25, 0.3) is 0 Å². The number of aryl methyl sites for hydroxylation is 1. The molecule has 38 heavy (non-hydrogen) atoms. The zero-order chi connectivity index (χ0) is 26.2. The Balaban J connectivity index is 0.00000336. The number of rotatable bonds is 9. The van der Waals surface area contributed by atoms with E-state index in [0.717, 1.165) is 11.1 Å². The third-order valence-electron chi connectivity index (χ3n) is 5.99. The van der Waals surface area contributed by atoms with E-state index in [1.165, 1.54) is 0 Å². The molecule has 196 valence electrons. The van der Waals surface area contributed by atoms with Gasteiger partial charge in [-0.2, -0.15) is 4.98 Å². The van der Waals surface area contributed by atoms with Gasteiger partial charge in [0.15, 0.2) is 11.2 Å². The fourth-order valence-corrected chi connectivity index (χ4v) is 5.27. The van der Waals surface area contributed by atoms with Crippen molar-refractivity contribution in [2.75, 3.05) is 23.0 Å². The maximum Gasteiger partial charge on any atom is 1.00 e. The van der Waals surface area contributed by atoms with Crippen LogP contribution in [0.4, 0.5) is 5.82 Å². The molecule has 0 saturated carbocycles. The largest absolute Gasteiger partial charge is 1.00 e. The van der Waals surface area contributed by atoms with Crippen LogP contribution >= 0.6 is 0 Å². The van der Waals surface area contributed by atoms with Gasteiger partial charge in [-0.1, -0.05) is 0 Å². The van der Waals surface area contributed by atoms with Crippen LogP contribution in [0, 0.1) is 0 Å². The van der Waals surface area contributed by atoms with Crippen molar-refractivity contribution in [2.45, 2.75) is 32.2 Å². The van der Waals surface area contributed by atoms with Crippen molar-refractivity contribution in [1.82, 2.24) is 9.97 Å². The fraction of sp³-hybridized carbons (Fsp3) is 0.348. The van der Waals surface area contributed by atoms with Gasteiger partial charge in [0.1, 0.15) is 0 Å². The van der Waals surface area contributed by atoms with Crippen molar-refractivity contribution >= 4 is 54.5 Å². The predicted molar refractivity (Wildman–Crippen MR) is 130 cm³/mol. The average molecular weight is 587 g/mol. The third kappa shape index (κ3) is 7.08. The van der Waals surface area contributed by atoms with Crippen LogP contribution in [0.1, 0.15) is 31.6 Å². The summed E-state index contributed by atoms with van der Waals surface area (Å²) >= 11 is 0. The topological polar surface area (TPSA) is 174 Å². The first-order valence-electron chi connectivity index (χ1n) is 11.6. The SMILES string of the molecule is O=S(=O)([O-])CCCN1C=CC=c2o/c(=C3\C=C(c4nc5c(ccc[n+]5CCCS(=O)(=O)[O-])o4)CC3)nc21.[K+]. The Bertz CT molecular complexity index is 1760. The average Bonchev–Trinajstić information content (AvgIpc) is 3.55. The molecule has 5 rings (SSSR count). The van der Waals surface area contributed by atoms with Gasteiger partial charge in [0.05, 0.1) is 33.0 Å². The van der Waals surface area contributed by atoms with E-state index >= 15 is 0 Å². The summed E-state index contributed by atoms with van der Waals surface area (Å²) in [6.45, 7) is 0.621. The molecule has 0 fully saturated rings. The van der Waals surface area contributed by atoms with Crippen LogP contribution in [-0.2, 0) is 26.8 Å². The third-order valence-corrected chi connectivity index (χ3v) is 7.57. The minimum atomic E-state index is -4.28. The molecule has 3 aromatic heterocycles. The molecule has 12 nitrogen and oxygen atoms in total. The van der Waals surface area contributed by atoms with Crippen LogP contribution in [0.2, 0.25) is 0 Å². The molecule has 0 aromatic carbocycles. The standard InChI is InChI=1S/C23H24N4O8S2.K/c28-36(29,30)13-3-11-26-9-1-5-18-20(26)24-22(34-18)16-7-8-17(15-16)23-25-21-19(35-23)6-2-10-27(21)12-4-14-37(31,32)33;/h1-2,5-6,9-10,15H,3-4,7-8,11-14H2,(H-,28,29,30,31,32,33);/q;+1/p-1. The molecule has 4 heterocycles. The first kappa shape index (κ1) is 29.3. The molecule has 3 aromatic rings. The van der Waals surface area contributed by atoms with E-state index in [4.69, 9.17) is 8.83 Å². The van der Waals surface area contributed by atoms with E-state index in [9.17, 15) is 25.9 Å². The van der Waals surface area contributed by atoms with Gasteiger partial charge < -0.3 is 22.8 Å². The van der Waals surface area contributed by atoms with E-state index in [1.54, 1.807) is 46.1 Å². The second-order valence-corrected chi connectivity index (χ2v) is 11.8. The molecule has 0 atom stereocenters. The first-order valence-corrected chi connectivity index (χ1v) is 14.7. The summed E-state index contributed by atoms with van der Waals surface area (Å²) in [5.74, 6) is 0.0872. The summed E-state index contributed by atoms with van der Waals surface area (Å²) < 4.78 is 79.1. The number of aromatic nitrogens is 3. The number of allylic oxidation sites excluding steroid dienone is 3. The van der Waals surface area contributed by atoms with Crippen molar-refractivity contribution in [3.63, 3.8) is 0 Å². The fourth-order valence-electron chi connectivity index (χ4n) is 4.31. The molecule has 0 bridgehead atoms. The predicted octanol–water partition coefficient (Wildman–Crippen LogP) is -2.88. The first-order chi connectivity index (χ1) is 17.6. The molecule has 1 aliphatic carbocycles. The quantitative estimate of drug-likeness (QED) is 0.143. The second kappa shape index (κ2) is 11.8. The molecular weight excluding hydrogens is 564 g/mol. The van der Waals surface area contributed by atoms with Gasteiger partial charge in [-0.05, 0) is 56.0 Å². The van der Waals surface area contributed by atoms with Crippen LogP contribution in [-0.4, -0.2) is 54.0 Å². The van der Waals surface area contributed by atoms with Gasteiger partial charge in [0, 0.05) is 40.4 Å². The number of pyridine rings is 1. The van der Waals surface area contributed by atoms with Gasteiger partial charge in [0.2, 0.25) is 11.1 Å². The number of hydrogen-bond acceptors (Lipinski definition) is 11. The number of hydrogen-bond donors (Lipinski definition) is 0. The van der Waals surface area contributed by atoms with Crippen LogP contribution < -0.4 is 71.8 Å². The van der Waals surface area contributed by atoms with Crippen molar-refractivity contribution in [1.29, 1.82) is 0 Å². The molecule has 0 spiro atoms. The van der Waals surface area contributed by atoms with E-state index in [-0.39, 0.29) is 64.2 Å². The van der Waals surface area contributed by atoms with Crippen LogP contribution in [0.3, 0.4) is 0 Å². The zero-order valence-electron chi connectivity index (χ0n) is 20.6. The summed E-state index contributed by atoms with van der Waals surface area (Å²) in [5, 5.41) is 0. The van der Waals surface area contributed by atoms with E-state index in [0.29, 0.717) is 59.8 Å². The van der Waals surface area contributed by atoms with Crippen molar-refractivity contribution in [2.24, 2.45) is 0 Å². The van der Waals surface area contributed by atoms with E-state index in [2.05, 4.69) is 9.97 Å². The van der Waals surface area contributed by atoms with Gasteiger partial charge in [-0.25, -0.2) is 21.4 Å². The van der Waals surface area contributed by atoms with Crippen LogP contribution in [0.15, 0.2) is 45.5 Å². The molecule has 0 saturated heterocycles. The van der Waals surface area contributed by atoms with Gasteiger partial charge in [-0.3, -0.25) is 0 Å². The Hall–Kier alpha value is -1.69. The summed E-state index contributed by atoms with van der Waals surface area (Å²) in [5.41, 5.74) is 3.79. The van der Waals surface area contributed by atoms with Crippen molar-refractivity contribution in [3.8, 4) is 0 Å². The Morgan fingerprint density at radius 3 is 2.55 bits per heavy atom. The monoisotopic (exact) mass is 586 g/mol. The molecule has 0 N–H and O–H groups in total. The summed E-state index contributed by atoms with van der Waals surface area (Å²) in [6.07, 6.45) is 10.6. The number of nitrogens with zero attached hydrogens (tertiary/aromatic N) is 4. The molecule has 0 amide bonds. The summed E-state index contributed by atoms with van der Waals surface area (Å²) in [4.78, 5) is 11.0. The maximum absolute atomic E-state index is 10.9. The summed E-state index contributed by atoms with van der Waals surface area (Å²) in [7, 11) is -8.57. The molecule has 0 radical (unpaired) electrons. The summed E-state index contributed by atoms with van der Waals surface area (Å²) in [6, 6.07) is 3.54. The van der Waals surface area contributed by atoms with E-state index in [1.807, 2.05) is 6.08 Å². The van der Waals surface area contributed by atoms with Crippen LogP contribution in [0.5, 0.6) is 0 Å². The normalized spacial score (nSPS) is 16.8. The Kier molecular flexibility index (Phi) is 9.11. The zero-order valence-corrected chi connectivity index (χ0v) is 25.3. The smallest absolute Gasteiger partial charge is 0.748 e. The van der Waals surface area contributed by atoms with E-state index < -0.39 is 31.7 Å². The Morgan fingerprint density at radius 2 is 1.79 bits per heavy atom. The van der Waals surface area contributed by atoms with Crippen molar-refractivity contribution in [3.05, 3.63) is 53.5 Å². The van der Waals surface area contributed by atoms with Gasteiger partial charge >= 0.3 is 62.9 Å². The Morgan fingerprint density at radius 1 is 1.03 bits per heavy atom. The number of fused-ring (bicyclic) bond motifs is 2. The molecule has 15 heteroatoms.